The van der Waals surface area contributed by atoms with Crippen molar-refractivity contribution in [3.05, 3.63) is 23.8 Å². The van der Waals surface area contributed by atoms with Gasteiger partial charge in [-0.3, -0.25) is 9.69 Å². The minimum Gasteiger partial charge on any atom is -0.369 e. The minimum absolute atomic E-state index is 0.208. The van der Waals surface area contributed by atoms with E-state index in [4.69, 9.17) is 5.73 Å². The first-order valence-corrected chi connectivity index (χ1v) is 5.97. The van der Waals surface area contributed by atoms with Gasteiger partial charge in [0.1, 0.15) is 6.33 Å². The number of aryl methyl sites for hydroxylation is 1. The van der Waals surface area contributed by atoms with Crippen LogP contribution in [0.15, 0.2) is 12.5 Å². The summed E-state index contributed by atoms with van der Waals surface area (Å²) in [6, 6.07) is 0.208. The molecule has 0 spiro atoms. The van der Waals surface area contributed by atoms with E-state index in [0.717, 1.165) is 30.6 Å². The van der Waals surface area contributed by atoms with Crippen molar-refractivity contribution in [1.29, 1.82) is 0 Å². The molecule has 0 saturated carbocycles. The van der Waals surface area contributed by atoms with Gasteiger partial charge in [-0.2, -0.15) is 0 Å². The third kappa shape index (κ3) is 2.79. The quantitative estimate of drug-likeness (QED) is 0.839. The van der Waals surface area contributed by atoms with Gasteiger partial charge in [-0.1, -0.05) is 6.42 Å². The second-order valence-electron chi connectivity index (χ2n) is 4.54. The number of nitrogens with zero attached hydrogens (tertiary/aromatic N) is 3. The van der Waals surface area contributed by atoms with E-state index >= 15 is 0 Å². The molecule has 1 saturated heterocycles. The molecule has 0 radical (unpaired) electrons. The van der Waals surface area contributed by atoms with Gasteiger partial charge in [-0.15, -0.1) is 0 Å². The number of hydrogen-bond donors (Lipinski definition) is 1. The fourth-order valence-corrected chi connectivity index (χ4v) is 2.45. The smallest absolute Gasteiger partial charge is 0.231 e. The van der Waals surface area contributed by atoms with E-state index in [1.54, 1.807) is 6.33 Å². The van der Waals surface area contributed by atoms with E-state index in [2.05, 4.69) is 14.9 Å². The van der Waals surface area contributed by atoms with Gasteiger partial charge in [0, 0.05) is 6.20 Å². The van der Waals surface area contributed by atoms with Crippen LogP contribution in [0.2, 0.25) is 0 Å². The van der Waals surface area contributed by atoms with Gasteiger partial charge in [0.2, 0.25) is 5.91 Å². The Bertz CT molecular complexity index is 407. The number of primary amides is 1. The van der Waals surface area contributed by atoms with Crippen LogP contribution >= 0.6 is 0 Å². The van der Waals surface area contributed by atoms with Gasteiger partial charge in [0.25, 0.3) is 0 Å². The molecule has 0 bridgehead atoms. The van der Waals surface area contributed by atoms with Crippen molar-refractivity contribution in [3.8, 4) is 0 Å². The molecular formula is C12H18N4O. The van der Waals surface area contributed by atoms with Crippen LogP contribution in [0.1, 0.15) is 36.6 Å². The second kappa shape index (κ2) is 5.23. The zero-order valence-electron chi connectivity index (χ0n) is 10.1. The van der Waals surface area contributed by atoms with Crippen LogP contribution in [0.5, 0.6) is 0 Å². The van der Waals surface area contributed by atoms with Crippen molar-refractivity contribution in [2.45, 2.75) is 32.2 Å². The summed E-state index contributed by atoms with van der Waals surface area (Å²) in [5.74, 6) is -0.274. The van der Waals surface area contributed by atoms with Gasteiger partial charge in [-0.05, 0) is 31.9 Å². The molecule has 1 fully saturated rings. The van der Waals surface area contributed by atoms with Crippen molar-refractivity contribution in [2.24, 2.45) is 5.73 Å². The number of aromatic nitrogens is 2. The molecule has 1 amide bonds. The molecule has 0 aliphatic carbocycles. The molecule has 2 heterocycles. The molecule has 1 aromatic rings. The average Bonchev–Trinajstić information content (AvgIpc) is 2.30. The molecule has 1 aliphatic rings. The summed E-state index contributed by atoms with van der Waals surface area (Å²) in [5, 5.41) is 0. The van der Waals surface area contributed by atoms with E-state index in [0.29, 0.717) is 6.54 Å². The molecule has 1 aromatic heterocycles. The van der Waals surface area contributed by atoms with E-state index in [-0.39, 0.29) is 11.9 Å². The summed E-state index contributed by atoms with van der Waals surface area (Å²) in [5.41, 5.74) is 7.39. The molecule has 1 unspecified atom stereocenters. The number of carbonyl (C=O) groups excluding carboxylic acids is 1. The monoisotopic (exact) mass is 234 g/mol. The number of amides is 1. The maximum Gasteiger partial charge on any atom is 0.231 e. The fraction of sp³-hybridized carbons (Fsp3) is 0.583. The predicted octanol–water partition coefficient (Wildman–Crippen LogP) is 0.797. The molecule has 17 heavy (non-hydrogen) atoms. The normalized spacial score (nSPS) is 21.4. The molecule has 92 valence electrons. The van der Waals surface area contributed by atoms with Crippen LogP contribution < -0.4 is 5.73 Å². The highest BCUT2D eigenvalue weighted by Gasteiger charge is 2.26. The van der Waals surface area contributed by atoms with Gasteiger partial charge < -0.3 is 5.73 Å². The van der Waals surface area contributed by atoms with Gasteiger partial charge in [0.15, 0.2) is 0 Å². The third-order valence-corrected chi connectivity index (χ3v) is 3.22. The van der Waals surface area contributed by atoms with Crippen molar-refractivity contribution < 1.29 is 4.79 Å². The van der Waals surface area contributed by atoms with Crippen LogP contribution in [0.4, 0.5) is 0 Å². The summed E-state index contributed by atoms with van der Waals surface area (Å²) < 4.78 is 0. The molecule has 1 atom stereocenters. The predicted molar refractivity (Wildman–Crippen MR) is 64.1 cm³/mol. The van der Waals surface area contributed by atoms with E-state index < -0.39 is 0 Å². The summed E-state index contributed by atoms with van der Waals surface area (Å²) in [7, 11) is 0. The first kappa shape index (κ1) is 12.0. The van der Waals surface area contributed by atoms with Crippen molar-refractivity contribution in [1.82, 2.24) is 14.9 Å². The van der Waals surface area contributed by atoms with E-state index in [1.807, 2.05) is 13.1 Å². The maximum atomic E-state index is 11.1. The van der Waals surface area contributed by atoms with Crippen LogP contribution in [0.3, 0.4) is 0 Å². The molecule has 5 nitrogen and oxygen atoms in total. The molecule has 5 heteroatoms. The van der Waals surface area contributed by atoms with Crippen molar-refractivity contribution in [2.75, 3.05) is 13.1 Å². The first-order chi connectivity index (χ1) is 8.18. The Morgan fingerprint density at radius 3 is 3.12 bits per heavy atom. The lowest BCUT2D eigenvalue weighted by atomic mass is 9.97. The minimum atomic E-state index is -0.274. The number of rotatable bonds is 3. The van der Waals surface area contributed by atoms with Crippen LogP contribution in [0, 0.1) is 6.92 Å². The Hall–Kier alpha value is -1.49. The zero-order valence-corrected chi connectivity index (χ0v) is 10.1. The summed E-state index contributed by atoms with van der Waals surface area (Å²) in [4.78, 5) is 21.6. The largest absolute Gasteiger partial charge is 0.369 e. The summed E-state index contributed by atoms with van der Waals surface area (Å²) >= 11 is 0. The highest BCUT2D eigenvalue weighted by atomic mass is 16.1. The molecule has 2 N–H and O–H groups in total. The standard InChI is InChI=1S/C12H18N4O/c1-9-6-14-8-15-12(9)10-4-2-3-5-16(10)7-11(13)17/h6,8,10H,2-5,7H2,1H3,(H2,13,17). The number of piperidine rings is 1. The lowest BCUT2D eigenvalue weighted by molar-refractivity contribution is -0.120. The fourth-order valence-electron chi connectivity index (χ4n) is 2.45. The third-order valence-electron chi connectivity index (χ3n) is 3.22. The molecule has 1 aliphatic heterocycles. The second-order valence-corrected chi connectivity index (χ2v) is 4.54. The summed E-state index contributed by atoms with van der Waals surface area (Å²) in [6.07, 6.45) is 6.71. The van der Waals surface area contributed by atoms with Crippen molar-refractivity contribution in [3.63, 3.8) is 0 Å². The molecule has 0 aromatic carbocycles. The van der Waals surface area contributed by atoms with Crippen LogP contribution in [0.25, 0.3) is 0 Å². The number of hydrogen-bond acceptors (Lipinski definition) is 4. The Kier molecular flexibility index (Phi) is 3.68. The summed E-state index contributed by atoms with van der Waals surface area (Å²) in [6.45, 7) is 3.23. The Balaban J connectivity index is 2.21. The Labute approximate surface area is 101 Å². The van der Waals surface area contributed by atoms with Gasteiger partial charge in [0.05, 0.1) is 18.3 Å². The van der Waals surface area contributed by atoms with Crippen LogP contribution in [-0.4, -0.2) is 33.9 Å². The first-order valence-electron chi connectivity index (χ1n) is 5.97. The van der Waals surface area contributed by atoms with Crippen molar-refractivity contribution >= 4 is 5.91 Å². The number of carbonyl (C=O) groups is 1. The average molecular weight is 234 g/mol. The lowest BCUT2D eigenvalue weighted by Gasteiger charge is -2.34. The van der Waals surface area contributed by atoms with Gasteiger partial charge in [-0.25, -0.2) is 9.97 Å². The highest BCUT2D eigenvalue weighted by molar-refractivity contribution is 5.76. The maximum absolute atomic E-state index is 11.1. The molecular weight excluding hydrogens is 216 g/mol. The van der Waals surface area contributed by atoms with Gasteiger partial charge >= 0.3 is 0 Å². The Morgan fingerprint density at radius 2 is 2.41 bits per heavy atom. The van der Waals surface area contributed by atoms with Crippen LogP contribution in [-0.2, 0) is 4.79 Å². The number of nitrogens with two attached hydrogens (primary N) is 1. The SMILES string of the molecule is Cc1cncnc1C1CCCCN1CC(N)=O. The Morgan fingerprint density at radius 1 is 1.59 bits per heavy atom. The lowest BCUT2D eigenvalue weighted by Crippen LogP contribution is -2.40. The van der Waals surface area contributed by atoms with E-state index in [1.165, 1.54) is 6.42 Å². The zero-order chi connectivity index (χ0) is 12.3. The molecule has 2 rings (SSSR count). The number of likely N-dealkylation sites (tertiary alicyclic amines) is 1. The van der Waals surface area contributed by atoms with E-state index in [9.17, 15) is 4.79 Å². The topological polar surface area (TPSA) is 72.1 Å². The highest BCUT2D eigenvalue weighted by Crippen LogP contribution is 2.30.